The molecule has 170 valence electrons. The molecule has 0 heterocycles. The number of ether oxygens (including phenoxy) is 1. The predicted molar refractivity (Wildman–Crippen MR) is 127 cm³/mol. The van der Waals surface area contributed by atoms with Gasteiger partial charge in [0.25, 0.3) is 0 Å². The molecule has 3 nitrogen and oxygen atoms in total. The highest BCUT2D eigenvalue weighted by atomic mass is 79.9. The highest BCUT2D eigenvalue weighted by molar-refractivity contribution is 8.93. The molecule has 0 N–H and O–H groups in total. The first-order valence-corrected chi connectivity index (χ1v) is 12.3. The minimum atomic E-state index is -0.119. The molecule has 29 heavy (non-hydrogen) atoms. The quantitative estimate of drug-likeness (QED) is 0.236. The monoisotopic (exact) mass is 471 g/mol. The molecule has 4 rings (SSSR count). The van der Waals surface area contributed by atoms with Gasteiger partial charge in [-0.3, -0.25) is 4.79 Å². The zero-order valence-electron chi connectivity index (χ0n) is 19.5. The maximum Gasteiger partial charge on any atom is 0.312 e. The Kier molecular flexibility index (Phi) is 9.99. The smallest absolute Gasteiger partial charge is 0.312 e. The van der Waals surface area contributed by atoms with Crippen molar-refractivity contribution in [3.8, 4) is 0 Å². The molecule has 0 spiro atoms. The van der Waals surface area contributed by atoms with Crippen molar-refractivity contribution < 1.29 is 9.53 Å². The highest BCUT2D eigenvalue weighted by Crippen LogP contribution is 2.60. The Morgan fingerprint density at radius 3 is 2.00 bits per heavy atom. The molecule has 0 aromatic rings. The van der Waals surface area contributed by atoms with Crippen LogP contribution in [0.15, 0.2) is 0 Å². The molecule has 4 bridgehead atoms. The van der Waals surface area contributed by atoms with Crippen LogP contribution in [0.25, 0.3) is 0 Å². The molecule has 4 aliphatic carbocycles. The minimum absolute atomic E-state index is 0. The van der Waals surface area contributed by atoms with E-state index in [0.717, 1.165) is 43.6 Å². The molecule has 4 saturated carbocycles. The van der Waals surface area contributed by atoms with Crippen molar-refractivity contribution in [1.82, 2.24) is 4.90 Å². The van der Waals surface area contributed by atoms with Crippen molar-refractivity contribution in [3.05, 3.63) is 0 Å². The molecular weight excluding hydrogens is 426 g/mol. The van der Waals surface area contributed by atoms with E-state index in [0.29, 0.717) is 5.92 Å². The van der Waals surface area contributed by atoms with Crippen LogP contribution in [0.3, 0.4) is 0 Å². The van der Waals surface area contributed by atoms with Crippen LogP contribution in [0, 0.1) is 29.1 Å². The fourth-order valence-electron chi connectivity index (χ4n) is 6.88. The van der Waals surface area contributed by atoms with Gasteiger partial charge in [0, 0.05) is 12.5 Å². The predicted octanol–water partition coefficient (Wildman–Crippen LogP) is 6.64. The van der Waals surface area contributed by atoms with E-state index < -0.39 is 0 Å². The molecule has 0 aliphatic heterocycles. The van der Waals surface area contributed by atoms with Crippen LogP contribution in [0.1, 0.15) is 97.3 Å². The summed E-state index contributed by atoms with van der Waals surface area (Å²) < 4.78 is 6.23. The Morgan fingerprint density at radius 1 is 0.966 bits per heavy atom. The largest absolute Gasteiger partial charge is 0.462 e. The molecular formula is C25H46BrNO2. The molecule has 4 aliphatic rings. The summed E-state index contributed by atoms with van der Waals surface area (Å²) in [5.74, 6) is 3.02. The minimum Gasteiger partial charge on any atom is -0.462 e. The van der Waals surface area contributed by atoms with Crippen molar-refractivity contribution in [1.29, 1.82) is 0 Å². The van der Waals surface area contributed by atoms with Crippen LogP contribution in [-0.4, -0.2) is 37.6 Å². The van der Waals surface area contributed by atoms with Gasteiger partial charge in [0.15, 0.2) is 0 Å². The fraction of sp³-hybridized carbons (Fsp3) is 0.960. The number of nitrogens with zero attached hydrogens (tertiary/aromatic N) is 1. The Bertz CT molecular complexity index is 472. The van der Waals surface area contributed by atoms with Crippen LogP contribution < -0.4 is 0 Å². The summed E-state index contributed by atoms with van der Waals surface area (Å²) in [6.45, 7) is 5.45. The lowest BCUT2D eigenvalue weighted by atomic mass is 9.49. The third-order valence-electron chi connectivity index (χ3n) is 7.96. The van der Waals surface area contributed by atoms with Gasteiger partial charge in [-0.25, -0.2) is 0 Å². The normalized spacial score (nSPS) is 32.1. The summed E-state index contributed by atoms with van der Waals surface area (Å²) >= 11 is 0. The summed E-state index contributed by atoms with van der Waals surface area (Å²) in [5, 5.41) is 0. The maximum atomic E-state index is 13.3. The first-order chi connectivity index (χ1) is 13.4. The zero-order chi connectivity index (χ0) is 20.1. The van der Waals surface area contributed by atoms with Gasteiger partial charge in [-0.15, -0.1) is 17.0 Å². The average molecular weight is 473 g/mol. The summed E-state index contributed by atoms with van der Waals surface area (Å²) in [4.78, 5) is 15.6. The van der Waals surface area contributed by atoms with Gasteiger partial charge >= 0.3 is 5.97 Å². The van der Waals surface area contributed by atoms with Gasteiger partial charge in [-0.1, -0.05) is 45.4 Å². The molecule has 0 amide bonds. The summed E-state index contributed by atoms with van der Waals surface area (Å²) in [5.41, 5.74) is -0.119. The van der Waals surface area contributed by atoms with E-state index >= 15 is 0 Å². The van der Waals surface area contributed by atoms with Crippen molar-refractivity contribution in [3.63, 3.8) is 0 Å². The number of esters is 1. The van der Waals surface area contributed by atoms with Crippen molar-refractivity contribution >= 4 is 23.0 Å². The standard InChI is InChI=1S/C25H45NO2.BrH/c1-5-6-7-8-9-10-11-23(18-26(3)4)19(2)28-24(27)25-15-20-12-21(16-25)14-22(13-20)17-25;/h19-23H,5-18H2,1-4H3;1H. The first-order valence-electron chi connectivity index (χ1n) is 12.3. The van der Waals surface area contributed by atoms with Gasteiger partial charge in [-0.2, -0.15) is 0 Å². The van der Waals surface area contributed by atoms with E-state index in [2.05, 4.69) is 32.8 Å². The topological polar surface area (TPSA) is 29.5 Å². The van der Waals surface area contributed by atoms with E-state index in [-0.39, 0.29) is 34.5 Å². The highest BCUT2D eigenvalue weighted by Gasteiger charge is 2.55. The number of unbranched alkanes of at least 4 members (excludes halogenated alkanes) is 5. The van der Waals surface area contributed by atoms with E-state index in [1.165, 1.54) is 64.2 Å². The molecule has 0 aromatic heterocycles. The molecule has 0 saturated heterocycles. The number of carbonyl (C=O) groups excluding carboxylic acids is 1. The Hall–Kier alpha value is -0.0900. The van der Waals surface area contributed by atoms with Crippen LogP contribution in [0.4, 0.5) is 0 Å². The molecule has 0 radical (unpaired) electrons. The Balaban J connectivity index is 0.00000300. The number of carbonyl (C=O) groups is 1. The SMILES string of the molecule is Br.CCCCCCCCC(CN(C)C)C(C)OC(=O)C12CC3CC(CC(C3)C1)C2. The Labute approximate surface area is 190 Å². The Morgan fingerprint density at radius 2 is 1.48 bits per heavy atom. The first kappa shape index (κ1) is 25.2. The van der Waals surface area contributed by atoms with Gasteiger partial charge < -0.3 is 9.64 Å². The second-order valence-corrected chi connectivity index (χ2v) is 10.9. The fourth-order valence-corrected chi connectivity index (χ4v) is 6.88. The molecule has 4 heteroatoms. The van der Waals surface area contributed by atoms with Gasteiger partial charge in [0.1, 0.15) is 6.10 Å². The lowest BCUT2D eigenvalue weighted by molar-refractivity contribution is -0.179. The molecule has 4 fully saturated rings. The van der Waals surface area contributed by atoms with Gasteiger partial charge in [0.2, 0.25) is 0 Å². The van der Waals surface area contributed by atoms with Crippen LogP contribution in [0.5, 0.6) is 0 Å². The van der Waals surface area contributed by atoms with E-state index in [1.54, 1.807) is 0 Å². The second kappa shape index (κ2) is 11.5. The summed E-state index contributed by atoms with van der Waals surface area (Å²) in [6, 6.07) is 0. The van der Waals surface area contributed by atoms with Crippen LogP contribution >= 0.6 is 17.0 Å². The van der Waals surface area contributed by atoms with E-state index in [9.17, 15) is 4.79 Å². The van der Waals surface area contributed by atoms with E-state index in [1.807, 2.05) is 0 Å². The second-order valence-electron chi connectivity index (χ2n) is 10.9. The molecule has 2 atom stereocenters. The summed E-state index contributed by atoms with van der Waals surface area (Å²) in [6.07, 6.45) is 16.7. The summed E-state index contributed by atoms with van der Waals surface area (Å²) in [7, 11) is 4.28. The number of hydrogen-bond donors (Lipinski definition) is 0. The third-order valence-corrected chi connectivity index (χ3v) is 7.96. The van der Waals surface area contributed by atoms with Gasteiger partial charge in [-0.05, 0) is 83.7 Å². The average Bonchev–Trinajstić information content (AvgIpc) is 2.62. The maximum absolute atomic E-state index is 13.3. The van der Waals surface area contributed by atoms with Crippen LogP contribution in [-0.2, 0) is 9.53 Å². The zero-order valence-corrected chi connectivity index (χ0v) is 21.2. The van der Waals surface area contributed by atoms with Crippen molar-refractivity contribution in [2.75, 3.05) is 20.6 Å². The lowest BCUT2D eigenvalue weighted by Crippen LogP contribution is -2.51. The molecule has 0 aromatic carbocycles. The third kappa shape index (κ3) is 6.69. The number of halogens is 1. The van der Waals surface area contributed by atoms with Crippen molar-refractivity contribution in [2.24, 2.45) is 29.1 Å². The lowest BCUT2D eigenvalue weighted by Gasteiger charge is -2.55. The number of rotatable bonds is 12. The number of hydrogen-bond acceptors (Lipinski definition) is 3. The van der Waals surface area contributed by atoms with E-state index in [4.69, 9.17) is 4.74 Å². The van der Waals surface area contributed by atoms with Gasteiger partial charge in [0.05, 0.1) is 5.41 Å². The van der Waals surface area contributed by atoms with Crippen LogP contribution in [0.2, 0.25) is 0 Å². The van der Waals surface area contributed by atoms with Crippen molar-refractivity contribution in [2.45, 2.75) is 103 Å². The molecule has 2 unspecified atom stereocenters.